The summed E-state index contributed by atoms with van der Waals surface area (Å²) in [5.74, 6) is 1.76. The molecular weight excluding hydrogens is 773 g/mol. The first-order chi connectivity index (χ1) is 28.7. The molecule has 2 unspecified atom stereocenters. The maximum Gasteiger partial charge on any atom is 0.343 e. The number of allylic oxidation sites excluding steroid dienone is 4. The van der Waals surface area contributed by atoms with Crippen LogP contribution in [-0.4, -0.2) is 34.6 Å². The highest BCUT2D eigenvalue weighted by atomic mass is 32.2. The molecule has 0 N–H and O–H groups in total. The van der Waals surface area contributed by atoms with Gasteiger partial charge >= 0.3 is 11.9 Å². The summed E-state index contributed by atoms with van der Waals surface area (Å²) in [6.07, 6.45) is 14.8. The van der Waals surface area contributed by atoms with E-state index in [2.05, 4.69) is 64.1 Å². The molecule has 4 aromatic rings. The van der Waals surface area contributed by atoms with Gasteiger partial charge in [0.2, 0.25) is 0 Å². The standard InChI is InChI=1S/C51H52O6S2/c1-5-7-9-30-54-38-22-18-36(19-23-38)48(52)56-40-26-14-34(15-27-40)46-32-44-42-12-11-13-43(42)45-33-47(59-51(45,4)50(44,3)58-46)35-16-28-41(29-17-35)57-49(53)37-20-24-39(25-21-37)55-31-10-8-6-2/h14-29,32-33H,5-13,30-31H2,1-4H3. The van der Waals surface area contributed by atoms with Crippen LogP contribution in [0, 0.1) is 0 Å². The van der Waals surface area contributed by atoms with E-state index in [9.17, 15) is 9.59 Å². The van der Waals surface area contributed by atoms with Crippen molar-refractivity contribution in [2.75, 3.05) is 13.2 Å². The highest BCUT2D eigenvalue weighted by Crippen LogP contribution is 2.70. The first-order valence-corrected chi connectivity index (χ1v) is 22.7. The van der Waals surface area contributed by atoms with Crippen LogP contribution in [0.2, 0.25) is 0 Å². The number of esters is 2. The van der Waals surface area contributed by atoms with Crippen molar-refractivity contribution in [3.05, 3.63) is 154 Å². The van der Waals surface area contributed by atoms with Gasteiger partial charge in [-0.1, -0.05) is 63.8 Å². The minimum absolute atomic E-state index is 0.188. The lowest BCUT2D eigenvalue weighted by Gasteiger charge is -2.47. The van der Waals surface area contributed by atoms with E-state index in [4.69, 9.17) is 18.9 Å². The summed E-state index contributed by atoms with van der Waals surface area (Å²) in [5.41, 5.74) is 9.07. The topological polar surface area (TPSA) is 71.1 Å². The van der Waals surface area contributed by atoms with Crippen LogP contribution in [0.15, 0.2) is 132 Å². The molecule has 6 nitrogen and oxygen atoms in total. The molecule has 8 heteroatoms. The molecule has 59 heavy (non-hydrogen) atoms. The molecule has 0 aromatic heterocycles. The number of unbranched alkanes of at least 4 members (excludes halogenated alkanes) is 4. The molecule has 2 aliphatic heterocycles. The van der Waals surface area contributed by atoms with Crippen molar-refractivity contribution >= 4 is 45.3 Å². The zero-order valence-electron chi connectivity index (χ0n) is 34.4. The van der Waals surface area contributed by atoms with Crippen LogP contribution >= 0.6 is 23.5 Å². The van der Waals surface area contributed by atoms with Crippen LogP contribution in [-0.2, 0) is 0 Å². The summed E-state index contributed by atoms with van der Waals surface area (Å²) < 4.78 is 22.8. The van der Waals surface area contributed by atoms with Crippen molar-refractivity contribution in [1.29, 1.82) is 0 Å². The second kappa shape index (κ2) is 17.7. The summed E-state index contributed by atoms with van der Waals surface area (Å²) in [7, 11) is 0. The number of fused-ring (bicyclic) bond motifs is 4. The van der Waals surface area contributed by atoms with Gasteiger partial charge in [0, 0.05) is 9.81 Å². The molecule has 1 fully saturated rings. The van der Waals surface area contributed by atoms with Gasteiger partial charge in [0.05, 0.1) is 33.8 Å². The lowest BCUT2D eigenvalue weighted by atomic mass is 9.72. The average molecular weight is 825 g/mol. The molecule has 0 saturated heterocycles. The summed E-state index contributed by atoms with van der Waals surface area (Å²) in [6.45, 7) is 10.5. The molecule has 0 radical (unpaired) electrons. The molecule has 2 atom stereocenters. The predicted molar refractivity (Wildman–Crippen MR) is 242 cm³/mol. The molecule has 0 spiro atoms. The van der Waals surface area contributed by atoms with Gasteiger partial charge in [-0.05, 0) is 164 Å². The quantitative estimate of drug-likeness (QED) is 0.0628. The molecule has 1 saturated carbocycles. The van der Waals surface area contributed by atoms with Crippen LogP contribution in [0.1, 0.15) is 117 Å². The Labute approximate surface area is 357 Å². The Morgan fingerprint density at radius 1 is 0.525 bits per heavy atom. The van der Waals surface area contributed by atoms with Gasteiger partial charge in [0.25, 0.3) is 0 Å². The third-order valence-electron chi connectivity index (χ3n) is 11.9. The van der Waals surface area contributed by atoms with E-state index >= 15 is 0 Å². The highest BCUT2D eigenvalue weighted by Gasteiger charge is 2.59. The van der Waals surface area contributed by atoms with Crippen LogP contribution < -0.4 is 18.9 Å². The summed E-state index contributed by atoms with van der Waals surface area (Å²) >= 11 is 3.88. The molecule has 304 valence electrons. The fraction of sp³-hybridized carbons (Fsp3) is 0.333. The first kappa shape index (κ1) is 40.8. The van der Waals surface area contributed by atoms with Crippen LogP contribution in [0.4, 0.5) is 0 Å². The Balaban J connectivity index is 0.922. The summed E-state index contributed by atoms with van der Waals surface area (Å²) in [4.78, 5) is 28.4. The Kier molecular flexibility index (Phi) is 12.3. The minimum atomic E-state index is -0.391. The van der Waals surface area contributed by atoms with Crippen molar-refractivity contribution in [1.82, 2.24) is 0 Å². The van der Waals surface area contributed by atoms with Gasteiger partial charge in [-0.2, -0.15) is 0 Å². The third-order valence-corrected chi connectivity index (χ3v) is 15.2. The number of carbonyl (C=O) groups excluding carboxylic acids is 2. The van der Waals surface area contributed by atoms with Crippen molar-refractivity contribution in [2.24, 2.45) is 0 Å². The lowest BCUT2D eigenvalue weighted by Crippen LogP contribution is -2.47. The third kappa shape index (κ3) is 8.44. The molecule has 8 rings (SSSR count). The molecule has 4 aliphatic rings. The maximum absolute atomic E-state index is 13.0. The van der Waals surface area contributed by atoms with E-state index in [0.29, 0.717) is 35.8 Å². The SMILES string of the molecule is CCCCCOc1ccc(C(=O)Oc2ccc(C3=CC4=C5CCCC5=C5C=C(c6ccc(OC(=O)c7ccc(OCCCCC)cc7)cc6)SC5(C)C4(C)S3)cc2)cc1. The van der Waals surface area contributed by atoms with Gasteiger partial charge in [0.15, 0.2) is 0 Å². The summed E-state index contributed by atoms with van der Waals surface area (Å²) in [6, 6.07) is 30.1. The number of rotatable bonds is 16. The average Bonchev–Trinajstić information content (AvgIpc) is 3.98. The maximum atomic E-state index is 13.0. The van der Waals surface area contributed by atoms with E-state index < -0.39 is 11.9 Å². The number of thioether (sulfide) groups is 2. The minimum Gasteiger partial charge on any atom is -0.494 e. The van der Waals surface area contributed by atoms with Gasteiger partial charge in [0.1, 0.15) is 23.0 Å². The Morgan fingerprint density at radius 2 is 0.898 bits per heavy atom. The fourth-order valence-electron chi connectivity index (χ4n) is 8.39. The number of carbonyl (C=O) groups is 2. The lowest BCUT2D eigenvalue weighted by molar-refractivity contribution is 0.0725. The molecular formula is C51H52O6S2. The van der Waals surface area contributed by atoms with E-state index in [1.807, 2.05) is 72.1 Å². The molecule has 2 heterocycles. The van der Waals surface area contributed by atoms with E-state index in [-0.39, 0.29) is 9.49 Å². The number of hydrogen-bond acceptors (Lipinski definition) is 8. The molecule has 2 aliphatic carbocycles. The van der Waals surface area contributed by atoms with Crippen LogP contribution in [0.3, 0.4) is 0 Å². The van der Waals surface area contributed by atoms with Crippen molar-refractivity contribution < 1.29 is 28.5 Å². The first-order valence-electron chi connectivity index (χ1n) is 21.1. The monoisotopic (exact) mass is 824 g/mol. The zero-order valence-corrected chi connectivity index (χ0v) is 36.1. The second-order valence-electron chi connectivity index (χ2n) is 15.9. The second-order valence-corrected chi connectivity index (χ2v) is 18.8. The van der Waals surface area contributed by atoms with Gasteiger partial charge in [-0.3, -0.25) is 0 Å². The fourth-order valence-corrected chi connectivity index (χ4v) is 11.6. The normalized spacial score (nSPS) is 20.4. The van der Waals surface area contributed by atoms with E-state index in [0.717, 1.165) is 80.4 Å². The van der Waals surface area contributed by atoms with Crippen molar-refractivity contribution in [3.8, 4) is 23.0 Å². The predicted octanol–water partition coefficient (Wildman–Crippen LogP) is 13.4. The smallest absolute Gasteiger partial charge is 0.343 e. The Hall–Kier alpha value is -4.92. The van der Waals surface area contributed by atoms with Gasteiger partial charge in [-0.15, -0.1) is 23.5 Å². The number of benzene rings is 4. The Morgan fingerprint density at radius 3 is 1.27 bits per heavy atom. The largest absolute Gasteiger partial charge is 0.494 e. The highest BCUT2D eigenvalue weighted by molar-refractivity contribution is 8.14. The molecule has 4 aromatic carbocycles. The summed E-state index contributed by atoms with van der Waals surface area (Å²) in [5, 5.41) is 0. The zero-order chi connectivity index (χ0) is 41.0. The molecule has 0 amide bonds. The van der Waals surface area contributed by atoms with Crippen molar-refractivity contribution in [2.45, 2.75) is 95.0 Å². The number of ether oxygens (including phenoxy) is 4. The molecule has 0 bridgehead atoms. The van der Waals surface area contributed by atoms with Crippen LogP contribution in [0.5, 0.6) is 23.0 Å². The Bertz CT molecular complexity index is 2150. The van der Waals surface area contributed by atoms with Gasteiger partial charge < -0.3 is 18.9 Å². The van der Waals surface area contributed by atoms with Crippen molar-refractivity contribution in [3.63, 3.8) is 0 Å². The van der Waals surface area contributed by atoms with Crippen LogP contribution in [0.25, 0.3) is 9.81 Å². The van der Waals surface area contributed by atoms with Gasteiger partial charge in [-0.25, -0.2) is 9.59 Å². The number of hydrogen-bond donors (Lipinski definition) is 0. The van der Waals surface area contributed by atoms with E-state index in [1.165, 1.54) is 32.1 Å². The van der Waals surface area contributed by atoms with E-state index in [1.54, 1.807) is 24.3 Å².